The Hall–Kier alpha value is -1.74. The number of rotatable bonds is 4. The summed E-state index contributed by atoms with van der Waals surface area (Å²) in [6.45, 7) is 3.79. The predicted molar refractivity (Wildman–Crippen MR) is 77.5 cm³/mol. The number of nitrogens with two attached hydrogens (primary N) is 1. The molecular weight excluding hydrogens is 256 g/mol. The molecule has 0 aromatic heterocycles. The van der Waals surface area contributed by atoms with Gasteiger partial charge in [-0.1, -0.05) is 24.3 Å². The molecule has 0 radical (unpaired) electrons. The summed E-state index contributed by atoms with van der Waals surface area (Å²) in [6, 6.07) is 11.3. The molecule has 0 heterocycles. The van der Waals surface area contributed by atoms with E-state index in [2.05, 4.69) is 0 Å². The largest absolute Gasteiger partial charge is 0.325 e. The molecule has 2 aromatic rings. The summed E-state index contributed by atoms with van der Waals surface area (Å²) < 4.78 is 27.0. The van der Waals surface area contributed by atoms with E-state index >= 15 is 0 Å². The Kier molecular flexibility index (Phi) is 4.19. The summed E-state index contributed by atoms with van der Waals surface area (Å²) >= 11 is 0. The van der Waals surface area contributed by atoms with Crippen molar-refractivity contribution < 1.29 is 8.78 Å². The van der Waals surface area contributed by atoms with Gasteiger partial charge in [-0.15, -0.1) is 0 Å². The van der Waals surface area contributed by atoms with Crippen LogP contribution in [0.3, 0.4) is 0 Å². The molecule has 0 aliphatic carbocycles. The molecule has 0 saturated carbocycles. The molecule has 0 saturated heterocycles. The Labute approximate surface area is 118 Å². The monoisotopic (exact) mass is 275 g/mol. The Bertz CT molecular complexity index is 606. The van der Waals surface area contributed by atoms with Gasteiger partial charge < -0.3 is 5.73 Å². The van der Waals surface area contributed by atoms with Crippen LogP contribution < -0.4 is 5.73 Å². The van der Waals surface area contributed by atoms with Crippen molar-refractivity contribution >= 4 is 0 Å². The van der Waals surface area contributed by atoms with Crippen LogP contribution in [0.1, 0.15) is 23.6 Å². The SMILES string of the molecule is Cc1ccc(F)cc1CC(C)(N)Cc1ccccc1F. The molecule has 2 rings (SSSR count). The molecule has 1 nitrogen and oxygen atoms in total. The quantitative estimate of drug-likeness (QED) is 0.903. The molecule has 20 heavy (non-hydrogen) atoms. The Morgan fingerprint density at radius 2 is 1.65 bits per heavy atom. The Morgan fingerprint density at radius 1 is 1.00 bits per heavy atom. The van der Waals surface area contributed by atoms with E-state index in [0.717, 1.165) is 11.1 Å². The number of hydrogen-bond donors (Lipinski definition) is 1. The van der Waals surface area contributed by atoms with Crippen molar-refractivity contribution in [1.29, 1.82) is 0 Å². The molecule has 2 aromatic carbocycles. The third-order valence-electron chi connectivity index (χ3n) is 3.46. The summed E-state index contributed by atoms with van der Waals surface area (Å²) in [5, 5.41) is 0. The second-order valence-electron chi connectivity index (χ2n) is 5.67. The van der Waals surface area contributed by atoms with Crippen LogP contribution in [0.2, 0.25) is 0 Å². The topological polar surface area (TPSA) is 26.0 Å². The normalized spacial score (nSPS) is 14.1. The second-order valence-corrected chi connectivity index (χ2v) is 5.67. The van der Waals surface area contributed by atoms with Crippen LogP contribution in [0.15, 0.2) is 42.5 Å². The van der Waals surface area contributed by atoms with E-state index in [1.165, 1.54) is 18.2 Å². The van der Waals surface area contributed by atoms with Gasteiger partial charge in [0.15, 0.2) is 0 Å². The first kappa shape index (κ1) is 14.7. The number of halogens is 2. The highest BCUT2D eigenvalue weighted by molar-refractivity contribution is 5.29. The van der Waals surface area contributed by atoms with Crippen molar-refractivity contribution in [3.63, 3.8) is 0 Å². The molecule has 0 bridgehead atoms. The minimum absolute atomic E-state index is 0.250. The molecule has 3 heteroatoms. The maximum atomic E-state index is 13.7. The lowest BCUT2D eigenvalue weighted by molar-refractivity contribution is 0.449. The van der Waals surface area contributed by atoms with E-state index in [-0.39, 0.29) is 11.6 Å². The van der Waals surface area contributed by atoms with Gasteiger partial charge in [-0.3, -0.25) is 0 Å². The molecule has 0 spiro atoms. The van der Waals surface area contributed by atoms with Gasteiger partial charge in [0.2, 0.25) is 0 Å². The van der Waals surface area contributed by atoms with Gasteiger partial charge in [0.05, 0.1) is 0 Å². The van der Waals surface area contributed by atoms with Gasteiger partial charge >= 0.3 is 0 Å². The molecule has 0 aliphatic rings. The van der Waals surface area contributed by atoms with Gasteiger partial charge in [0.25, 0.3) is 0 Å². The van der Waals surface area contributed by atoms with Crippen LogP contribution in [0.25, 0.3) is 0 Å². The van der Waals surface area contributed by atoms with Gasteiger partial charge in [0, 0.05) is 5.54 Å². The Morgan fingerprint density at radius 3 is 2.35 bits per heavy atom. The van der Waals surface area contributed by atoms with Crippen LogP contribution >= 0.6 is 0 Å². The van der Waals surface area contributed by atoms with Crippen molar-refractivity contribution in [3.05, 3.63) is 70.8 Å². The smallest absolute Gasteiger partial charge is 0.126 e. The first-order valence-corrected chi connectivity index (χ1v) is 6.65. The summed E-state index contributed by atoms with van der Waals surface area (Å²) in [5.74, 6) is -0.521. The van der Waals surface area contributed by atoms with Crippen molar-refractivity contribution in [2.45, 2.75) is 32.2 Å². The maximum Gasteiger partial charge on any atom is 0.126 e. The minimum Gasteiger partial charge on any atom is -0.325 e. The fourth-order valence-electron chi connectivity index (χ4n) is 2.40. The van der Waals surface area contributed by atoms with Crippen LogP contribution in [0, 0.1) is 18.6 Å². The third-order valence-corrected chi connectivity index (χ3v) is 3.46. The minimum atomic E-state index is -0.624. The van der Waals surface area contributed by atoms with E-state index in [1.54, 1.807) is 24.3 Å². The molecule has 106 valence electrons. The fourth-order valence-corrected chi connectivity index (χ4v) is 2.40. The molecular formula is C17H19F2N. The standard InChI is InChI=1S/C17H19F2N/c1-12-7-8-15(18)9-14(12)11-17(2,20)10-13-5-3-4-6-16(13)19/h3-9H,10-11,20H2,1-2H3. The van der Waals surface area contributed by atoms with Crippen molar-refractivity contribution in [3.8, 4) is 0 Å². The van der Waals surface area contributed by atoms with Gasteiger partial charge in [-0.2, -0.15) is 0 Å². The summed E-state index contributed by atoms with van der Waals surface area (Å²) in [6.07, 6.45) is 0.917. The van der Waals surface area contributed by atoms with E-state index in [0.29, 0.717) is 18.4 Å². The summed E-state index contributed by atoms with van der Waals surface area (Å²) in [5.41, 5.74) is 8.11. The highest BCUT2D eigenvalue weighted by atomic mass is 19.1. The van der Waals surface area contributed by atoms with E-state index in [9.17, 15) is 8.78 Å². The van der Waals surface area contributed by atoms with E-state index in [1.807, 2.05) is 13.8 Å². The molecule has 0 fully saturated rings. The lowest BCUT2D eigenvalue weighted by Crippen LogP contribution is -2.41. The number of benzene rings is 2. The van der Waals surface area contributed by atoms with Gasteiger partial charge in [-0.05, 0) is 61.6 Å². The fraction of sp³-hybridized carbons (Fsp3) is 0.294. The average Bonchev–Trinajstić information content (AvgIpc) is 2.36. The molecule has 0 amide bonds. The molecule has 1 atom stereocenters. The van der Waals surface area contributed by atoms with Crippen LogP contribution in [-0.2, 0) is 12.8 Å². The van der Waals surface area contributed by atoms with Crippen LogP contribution in [0.4, 0.5) is 8.78 Å². The molecule has 2 N–H and O–H groups in total. The molecule has 1 unspecified atom stereocenters. The van der Waals surface area contributed by atoms with Crippen LogP contribution in [0.5, 0.6) is 0 Å². The van der Waals surface area contributed by atoms with Gasteiger partial charge in [-0.25, -0.2) is 8.78 Å². The first-order valence-electron chi connectivity index (χ1n) is 6.65. The second kappa shape index (κ2) is 5.71. The average molecular weight is 275 g/mol. The highest BCUT2D eigenvalue weighted by Crippen LogP contribution is 2.21. The molecule has 0 aliphatic heterocycles. The van der Waals surface area contributed by atoms with E-state index in [4.69, 9.17) is 5.73 Å². The Balaban J connectivity index is 2.19. The van der Waals surface area contributed by atoms with Crippen molar-refractivity contribution in [2.24, 2.45) is 5.73 Å². The van der Waals surface area contributed by atoms with Crippen molar-refractivity contribution in [1.82, 2.24) is 0 Å². The number of aryl methyl sites for hydroxylation is 1. The van der Waals surface area contributed by atoms with Crippen LogP contribution in [-0.4, -0.2) is 5.54 Å². The first-order chi connectivity index (χ1) is 9.37. The van der Waals surface area contributed by atoms with E-state index < -0.39 is 5.54 Å². The zero-order valence-corrected chi connectivity index (χ0v) is 11.8. The summed E-state index contributed by atoms with van der Waals surface area (Å²) in [7, 11) is 0. The highest BCUT2D eigenvalue weighted by Gasteiger charge is 2.22. The zero-order valence-electron chi connectivity index (χ0n) is 11.8. The zero-order chi connectivity index (χ0) is 14.8. The predicted octanol–water partition coefficient (Wildman–Crippen LogP) is 3.78. The summed E-state index contributed by atoms with van der Waals surface area (Å²) in [4.78, 5) is 0. The third kappa shape index (κ3) is 3.64. The number of hydrogen-bond acceptors (Lipinski definition) is 1. The maximum absolute atomic E-state index is 13.7. The van der Waals surface area contributed by atoms with Gasteiger partial charge in [0.1, 0.15) is 11.6 Å². The lowest BCUT2D eigenvalue weighted by atomic mass is 9.86. The lowest BCUT2D eigenvalue weighted by Gasteiger charge is -2.26. The van der Waals surface area contributed by atoms with Crippen molar-refractivity contribution in [2.75, 3.05) is 0 Å².